The van der Waals surface area contributed by atoms with E-state index < -0.39 is 0 Å². The Kier molecular flexibility index (Phi) is 5.93. The average molecular weight is 356 g/mol. The van der Waals surface area contributed by atoms with Crippen LogP contribution < -0.4 is 5.32 Å². The molecule has 0 spiro atoms. The highest BCUT2D eigenvalue weighted by Gasteiger charge is 2.30. The second kappa shape index (κ2) is 8.55. The standard InChI is InChI=1S/C18H24N6O2/c1-14(25)20-12-15-11-19-13-16(22-15)17-5-2-10-24(17)18(26)6-3-8-23-9-4-7-21-23/h4,7,9,11,13,17H,2-3,5-6,8,10,12H2,1H3,(H,20,25). The molecule has 1 aliphatic rings. The Morgan fingerprint density at radius 3 is 3.00 bits per heavy atom. The van der Waals surface area contributed by atoms with Crippen molar-refractivity contribution in [2.75, 3.05) is 6.54 Å². The predicted octanol–water partition coefficient (Wildman–Crippen LogP) is 1.45. The molecule has 0 aliphatic carbocycles. The third-order valence-electron chi connectivity index (χ3n) is 4.47. The average Bonchev–Trinajstić information content (AvgIpc) is 3.32. The van der Waals surface area contributed by atoms with Gasteiger partial charge in [-0.3, -0.25) is 24.2 Å². The molecule has 0 saturated carbocycles. The van der Waals surface area contributed by atoms with Crippen LogP contribution in [0.25, 0.3) is 0 Å². The molecule has 0 radical (unpaired) electrons. The number of rotatable bonds is 7. The van der Waals surface area contributed by atoms with E-state index in [0.717, 1.165) is 38.0 Å². The quantitative estimate of drug-likeness (QED) is 0.810. The Hall–Kier alpha value is -2.77. The molecule has 8 heteroatoms. The van der Waals surface area contributed by atoms with Gasteiger partial charge in [-0.1, -0.05) is 0 Å². The van der Waals surface area contributed by atoms with Crippen molar-refractivity contribution in [3.63, 3.8) is 0 Å². The van der Waals surface area contributed by atoms with Crippen LogP contribution in [0.1, 0.15) is 50.0 Å². The van der Waals surface area contributed by atoms with Crippen molar-refractivity contribution in [3.05, 3.63) is 42.2 Å². The van der Waals surface area contributed by atoms with Gasteiger partial charge in [0.15, 0.2) is 0 Å². The van der Waals surface area contributed by atoms with E-state index in [1.165, 1.54) is 6.92 Å². The third kappa shape index (κ3) is 4.65. The number of aryl methyl sites for hydroxylation is 1. The van der Waals surface area contributed by atoms with Gasteiger partial charge in [0.1, 0.15) is 0 Å². The predicted molar refractivity (Wildman–Crippen MR) is 94.7 cm³/mol. The third-order valence-corrected chi connectivity index (χ3v) is 4.47. The number of carbonyl (C=O) groups excluding carboxylic acids is 2. The lowest BCUT2D eigenvalue weighted by molar-refractivity contribution is -0.132. The summed E-state index contributed by atoms with van der Waals surface area (Å²) in [5.74, 6) is 0.0424. The molecule has 3 rings (SSSR count). The first-order valence-corrected chi connectivity index (χ1v) is 8.95. The number of likely N-dealkylation sites (tertiary alicyclic amines) is 1. The van der Waals surface area contributed by atoms with Crippen molar-refractivity contribution in [1.82, 2.24) is 30.0 Å². The van der Waals surface area contributed by atoms with Crippen molar-refractivity contribution < 1.29 is 9.59 Å². The lowest BCUT2D eigenvalue weighted by Crippen LogP contribution is -2.31. The molecule has 2 aromatic rings. The number of nitrogens with zero attached hydrogens (tertiary/aromatic N) is 5. The van der Waals surface area contributed by atoms with Crippen molar-refractivity contribution in [2.45, 2.75) is 51.7 Å². The van der Waals surface area contributed by atoms with Crippen LogP contribution in [0.5, 0.6) is 0 Å². The topological polar surface area (TPSA) is 93.0 Å². The first-order valence-electron chi connectivity index (χ1n) is 8.95. The zero-order valence-electron chi connectivity index (χ0n) is 15.0. The Morgan fingerprint density at radius 2 is 2.23 bits per heavy atom. The van der Waals surface area contributed by atoms with E-state index in [-0.39, 0.29) is 17.9 Å². The molecule has 1 atom stereocenters. The van der Waals surface area contributed by atoms with Crippen molar-refractivity contribution in [1.29, 1.82) is 0 Å². The summed E-state index contributed by atoms with van der Waals surface area (Å²) in [7, 11) is 0. The maximum absolute atomic E-state index is 12.6. The monoisotopic (exact) mass is 356 g/mol. The minimum Gasteiger partial charge on any atom is -0.351 e. The molecule has 26 heavy (non-hydrogen) atoms. The largest absolute Gasteiger partial charge is 0.351 e. The number of hydrogen-bond donors (Lipinski definition) is 1. The van der Waals surface area contributed by atoms with Crippen molar-refractivity contribution in [3.8, 4) is 0 Å². The van der Waals surface area contributed by atoms with Crippen molar-refractivity contribution >= 4 is 11.8 Å². The van der Waals surface area contributed by atoms with Gasteiger partial charge in [0.25, 0.3) is 0 Å². The van der Waals surface area contributed by atoms with Crippen LogP contribution in [0.4, 0.5) is 0 Å². The first kappa shape index (κ1) is 18.0. The normalized spacial score (nSPS) is 16.7. The van der Waals surface area contributed by atoms with Gasteiger partial charge < -0.3 is 10.2 Å². The molecule has 1 saturated heterocycles. The maximum Gasteiger partial charge on any atom is 0.223 e. The van der Waals surface area contributed by atoms with Gasteiger partial charge in [-0.05, 0) is 25.3 Å². The van der Waals surface area contributed by atoms with Crippen LogP contribution in [0, 0.1) is 0 Å². The van der Waals surface area contributed by atoms with Gasteiger partial charge in [0, 0.05) is 38.8 Å². The molecule has 2 aromatic heterocycles. The molecule has 1 N–H and O–H groups in total. The number of hydrogen-bond acceptors (Lipinski definition) is 5. The van der Waals surface area contributed by atoms with Crippen LogP contribution in [-0.2, 0) is 22.7 Å². The van der Waals surface area contributed by atoms with Crippen LogP contribution in [0.15, 0.2) is 30.9 Å². The smallest absolute Gasteiger partial charge is 0.223 e. The van der Waals surface area contributed by atoms with E-state index in [2.05, 4.69) is 20.4 Å². The van der Waals surface area contributed by atoms with Gasteiger partial charge in [0.2, 0.25) is 11.8 Å². The lowest BCUT2D eigenvalue weighted by Gasteiger charge is -2.24. The molecule has 1 aliphatic heterocycles. The van der Waals surface area contributed by atoms with E-state index >= 15 is 0 Å². The SMILES string of the molecule is CC(=O)NCc1cncc(C2CCCN2C(=O)CCCn2cccn2)n1. The number of carbonyl (C=O) groups is 2. The van der Waals surface area contributed by atoms with Crippen LogP contribution >= 0.6 is 0 Å². The summed E-state index contributed by atoms with van der Waals surface area (Å²) in [5.41, 5.74) is 1.50. The fraction of sp³-hybridized carbons (Fsp3) is 0.500. The van der Waals surface area contributed by atoms with Crippen LogP contribution in [0.3, 0.4) is 0 Å². The van der Waals surface area contributed by atoms with Gasteiger partial charge in [0.05, 0.1) is 36.4 Å². The van der Waals surface area contributed by atoms with E-state index in [1.807, 2.05) is 21.8 Å². The summed E-state index contributed by atoms with van der Waals surface area (Å²) in [5, 5.41) is 6.88. The van der Waals surface area contributed by atoms with E-state index in [4.69, 9.17) is 0 Å². The molecule has 0 bridgehead atoms. The Morgan fingerprint density at radius 1 is 1.35 bits per heavy atom. The summed E-state index contributed by atoms with van der Waals surface area (Å²) < 4.78 is 1.84. The summed E-state index contributed by atoms with van der Waals surface area (Å²) in [6, 6.07) is 1.85. The number of amides is 2. The molecule has 1 fully saturated rings. The van der Waals surface area contributed by atoms with Crippen LogP contribution in [0.2, 0.25) is 0 Å². The number of nitrogens with one attached hydrogen (secondary N) is 1. The highest BCUT2D eigenvalue weighted by Crippen LogP contribution is 2.31. The summed E-state index contributed by atoms with van der Waals surface area (Å²) in [6.45, 7) is 3.31. The van der Waals surface area contributed by atoms with Gasteiger partial charge in [-0.15, -0.1) is 0 Å². The number of aromatic nitrogens is 4. The first-order chi connectivity index (χ1) is 12.6. The zero-order valence-corrected chi connectivity index (χ0v) is 15.0. The Bertz CT molecular complexity index is 746. The lowest BCUT2D eigenvalue weighted by atomic mass is 10.1. The Balaban J connectivity index is 1.59. The minimum absolute atomic E-state index is 0.0306. The van der Waals surface area contributed by atoms with Gasteiger partial charge in [-0.25, -0.2) is 0 Å². The molecule has 2 amide bonds. The highest BCUT2D eigenvalue weighted by atomic mass is 16.2. The molecule has 0 aromatic carbocycles. The van der Waals surface area contributed by atoms with Crippen LogP contribution in [-0.4, -0.2) is 43.0 Å². The van der Waals surface area contributed by atoms with Crippen molar-refractivity contribution in [2.24, 2.45) is 0 Å². The second-order valence-corrected chi connectivity index (χ2v) is 6.46. The summed E-state index contributed by atoms with van der Waals surface area (Å²) >= 11 is 0. The summed E-state index contributed by atoms with van der Waals surface area (Å²) in [4.78, 5) is 34.5. The summed E-state index contributed by atoms with van der Waals surface area (Å²) in [6.07, 6.45) is 10.1. The molecule has 138 valence electrons. The molecule has 3 heterocycles. The van der Waals surface area contributed by atoms with Gasteiger partial charge >= 0.3 is 0 Å². The van der Waals surface area contributed by atoms with E-state index in [9.17, 15) is 9.59 Å². The fourth-order valence-corrected chi connectivity index (χ4v) is 3.23. The van der Waals surface area contributed by atoms with E-state index in [1.54, 1.807) is 18.6 Å². The molecular weight excluding hydrogens is 332 g/mol. The second-order valence-electron chi connectivity index (χ2n) is 6.46. The molecule has 8 nitrogen and oxygen atoms in total. The maximum atomic E-state index is 12.6. The molecular formula is C18H24N6O2. The fourth-order valence-electron chi connectivity index (χ4n) is 3.23. The Labute approximate surface area is 152 Å². The van der Waals surface area contributed by atoms with Gasteiger partial charge in [-0.2, -0.15) is 5.10 Å². The minimum atomic E-state index is -0.105. The molecule has 1 unspecified atom stereocenters. The zero-order chi connectivity index (χ0) is 18.4. The highest BCUT2D eigenvalue weighted by molar-refractivity contribution is 5.77. The van der Waals surface area contributed by atoms with E-state index in [0.29, 0.717) is 18.7 Å².